The van der Waals surface area contributed by atoms with E-state index in [1.165, 1.54) is 5.57 Å². The van der Waals surface area contributed by atoms with Crippen molar-refractivity contribution in [1.82, 2.24) is 0 Å². The summed E-state index contributed by atoms with van der Waals surface area (Å²) >= 11 is 3.47. The van der Waals surface area contributed by atoms with Crippen LogP contribution < -0.4 is 4.74 Å². The number of hydrogen-bond donors (Lipinski definition) is 0. The minimum Gasteiger partial charge on any atom is -0.434 e. The van der Waals surface area contributed by atoms with E-state index in [0.717, 1.165) is 22.0 Å². The maximum atomic E-state index is 12.3. The van der Waals surface area contributed by atoms with Crippen molar-refractivity contribution in [3.05, 3.63) is 34.4 Å². The molecule has 0 aliphatic heterocycles. The Hall–Kier alpha value is -0.900. The maximum Gasteiger partial charge on any atom is 0.387 e. The molecule has 4 heteroatoms. The van der Waals surface area contributed by atoms with Gasteiger partial charge in [-0.15, -0.1) is 0 Å². The van der Waals surface area contributed by atoms with Crippen LogP contribution in [0.4, 0.5) is 8.78 Å². The lowest BCUT2D eigenvalue weighted by molar-refractivity contribution is -0.0507. The van der Waals surface area contributed by atoms with Gasteiger partial charge in [0.1, 0.15) is 5.75 Å². The Morgan fingerprint density at radius 1 is 1.26 bits per heavy atom. The fourth-order valence-electron chi connectivity index (χ4n) is 1.92. The summed E-state index contributed by atoms with van der Waals surface area (Å²) < 4.78 is 29.2. The van der Waals surface area contributed by atoms with Crippen molar-refractivity contribution in [2.24, 2.45) is 5.92 Å². The van der Waals surface area contributed by atoms with Gasteiger partial charge in [-0.25, -0.2) is 0 Å². The molecule has 1 rings (SSSR count). The number of halogens is 3. The van der Waals surface area contributed by atoms with Crippen LogP contribution in [0.1, 0.15) is 30.5 Å². The third kappa shape index (κ3) is 4.60. The van der Waals surface area contributed by atoms with Gasteiger partial charge in [-0.3, -0.25) is 0 Å². The summed E-state index contributed by atoms with van der Waals surface area (Å²) in [5.74, 6) is 0.717. The van der Waals surface area contributed by atoms with Crippen LogP contribution in [-0.4, -0.2) is 11.9 Å². The Morgan fingerprint density at radius 3 is 2.16 bits per heavy atom. The molecular weight excluding hydrogens is 314 g/mol. The maximum absolute atomic E-state index is 12.3. The number of aryl methyl sites for hydroxylation is 2. The minimum absolute atomic E-state index is 0.275. The lowest BCUT2D eigenvalue weighted by atomic mass is 9.99. The van der Waals surface area contributed by atoms with Gasteiger partial charge < -0.3 is 4.74 Å². The minimum atomic E-state index is -2.78. The van der Waals surface area contributed by atoms with E-state index in [1.807, 2.05) is 12.1 Å². The predicted molar refractivity (Wildman–Crippen MR) is 79.2 cm³/mol. The van der Waals surface area contributed by atoms with Gasteiger partial charge in [0.2, 0.25) is 0 Å². The molecule has 1 nitrogen and oxygen atoms in total. The normalized spacial score (nSPS) is 12.4. The van der Waals surface area contributed by atoms with Crippen LogP contribution in [0.5, 0.6) is 5.75 Å². The summed E-state index contributed by atoms with van der Waals surface area (Å²) in [6, 6.07) is 3.74. The van der Waals surface area contributed by atoms with Gasteiger partial charge in [0, 0.05) is 5.33 Å². The molecule has 0 heterocycles. The van der Waals surface area contributed by atoms with Crippen molar-refractivity contribution >= 4 is 22.0 Å². The summed E-state index contributed by atoms with van der Waals surface area (Å²) in [5.41, 5.74) is 3.73. The molecule has 0 aliphatic carbocycles. The molecule has 106 valence electrons. The van der Waals surface area contributed by atoms with Crippen molar-refractivity contribution in [3.8, 4) is 5.75 Å². The van der Waals surface area contributed by atoms with E-state index in [0.29, 0.717) is 5.92 Å². The average Bonchev–Trinajstić information content (AvgIpc) is 2.30. The zero-order valence-electron chi connectivity index (χ0n) is 11.6. The lowest BCUT2D eigenvalue weighted by Gasteiger charge is -2.13. The van der Waals surface area contributed by atoms with Gasteiger partial charge in [0.05, 0.1) is 0 Å². The number of allylic oxidation sites excluding steroid dienone is 1. The molecule has 1 aromatic carbocycles. The summed E-state index contributed by atoms with van der Waals surface area (Å²) in [6.45, 7) is 5.03. The summed E-state index contributed by atoms with van der Waals surface area (Å²) in [5, 5.41) is 0.804. The third-order valence-electron chi connectivity index (χ3n) is 2.94. The predicted octanol–water partition coefficient (Wildman–Crippen LogP) is 5.34. The highest BCUT2D eigenvalue weighted by atomic mass is 79.9. The molecule has 19 heavy (non-hydrogen) atoms. The number of benzene rings is 1. The largest absolute Gasteiger partial charge is 0.434 e. The van der Waals surface area contributed by atoms with Crippen molar-refractivity contribution in [3.63, 3.8) is 0 Å². The number of hydrogen-bond acceptors (Lipinski definition) is 1. The van der Waals surface area contributed by atoms with Crippen molar-refractivity contribution in [2.45, 2.75) is 34.3 Å². The standard InChI is InChI=1S/C15H19BrF2O/c1-9(2)13(8-16)7-12-5-10(3)14(11(4)6-12)19-15(17)18/h5-7,9,15H,8H2,1-4H3. The van der Waals surface area contributed by atoms with Gasteiger partial charge in [-0.2, -0.15) is 8.78 Å². The smallest absolute Gasteiger partial charge is 0.387 e. The third-order valence-corrected chi connectivity index (χ3v) is 3.59. The molecule has 0 unspecified atom stereocenters. The van der Waals surface area contributed by atoms with E-state index in [1.54, 1.807) is 13.8 Å². The van der Waals surface area contributed by atoms with Crippen LogP contribution in [0.3, 0.4) is 0 Å². The van der Waals surface area contributed by atoms with Crippen LogP contribution in [0, 0.1) is 19.8 Å². The SMILES string of the molecule is Cc1cc(C=C(CBr)C(C)C)cc(C)c1OC(F)F. The Labute approximate surface area is 121 Å². The summed E-state index contributed by atoms with van der Waals surface area (Å²) in [7, 11) is 0. The first kappa shape index (κ1) is 16.2. The van der Waals surface area contributed by atoms with Crippen molar-refractivity contribution in [1.29, 1.82) is 0 Å². The Balaban J connectivity index is 3.14. The highest BCUT2D eigenvalue weighted by Gasteiger charge is 2.11. The summed E-state index contributed by atoms with van der Waals surface area (Å²) in [6.07, 6.45) is 2.09. The molecule has 0 saturated carbocycles. The van der Waals surface area contributed by atoms with E-state index in [4.69, 9.17) is 0 Å². The number of ether oxygens (including phenoxy) is 1. The highest BCUT2D eigenvalue weighted by molar-refractivity contribution is 9.09. The molecule has 0 spiro atoms. The van der Waals surface area contributed by atoms with Crippen molar-refractivity contribution < 1.29 is 13.5 Å². The first-order valence-electron chi connectivity index (χ1n) is 6.17. The first-order chi connectivity index (χ1) is 8.85. The van der Waals surface area contributed by atoms with E-state index in [2.05, 4.69) is 40.6 Å². The first-order valence-corrected chi connectivity index (χ1v) is 7.29. The molecule has 0 atom stereocenters. The van der Waals surface area contributed by atoms with E-state index in [-0.39, 0.29) is 5.75 Å². The molecule has 0 aromatic heterocycles. The zero-order chi connectivity index (χ0) is 14.6. The van der Waals surface area contributed by atoms with Crippen LogP contribution >= 0.6 is 15.9 Å². The molecule has 0 N–H and O–H groups in total. The Bertz CT molecular complexity index is 444. The Morgan fingerprint density at radius 2 is 1.79 bits per heavy atom. The molecule has 0 bridgehead atoms. The second-order valence-electron chi connectivity index (χ2n) is 4.87. The summed E-state index contributed by atoms with van der Waals surface area (Å²) in [4.78, 5) is 0. The molecule has 0 saturated heterocycles. The van der Waals surface area contributed by atoms with Gasteiger partial charge in [-0.1, -0.05) is 41.4 Å². The second kappa shape index (κ2) is 7.04. The quantitative estimate of drug-likeness (QED) is 0.661. The molecule has 0 amide bonds. The molecule has 0 radical (unpaired) electrons. The molecule has 0 aliphatic rings. The monoisotopic (exact) mass is 332 g/mol. The highest BCUT2D eigenvalue weighted by Crippen LogP contribution is 2.28. The van der Waals surface area contributed by atoms with Crippen LogP contribution in [0.15, 0.2) is 17.7 Å². The Kier molecular flexibility index (Phi) is 5.98. The molecular formula is C15H19BrF2O. The number of rotatable bonds is 5. The fourth-order valence-corrected chi connectivity index (χ4v) is 2.73. The molecule has 0 fully saturated rings. The van der Waals surface area contributed by atoms with E-state index in [9.17, 15) is 8.78 Å². The van der Waals surface area contributed by atoms with Gasteiger partial charge in [0.15, 0.2) is 0 Å². The van der Waals surface area contributed by atoms with Gasteiger partial charge in [-0.05, 0) is 48.6 Å². The van der Waals surface area contributed by atoms with Crippen molar-refractivity contribution in [2.75, 3.05) is 5.33 Å². The van der Waals surface area contributed by atoms with Crippen LogP contribution in [0.2, 0.25) is 0 Å². The topological polar surface area (TPSA) is 9.23 Å². The van der Waals surface area contributed by atoms with E-state index >= 15 is 0 Å². The lowest BCUT2D eigenvalue weighted by Crippen LogP contribution is -2.05. The van der Waals surface area contributed by atoms with E-state index < -0.39 is 6.61 Å². The van der Waals surface area contributed by atoms with Crippen LogP contribution in [-0.2, 0) is 0 Å². The van der Waals surface area contributed by atoms with Crippen LogP contribution in [0.25, 0.3) is 6.08 Å². The fraction of sp³-hybridized carbons (Fsp3) is 0.467. The second-order valence-corrected chi connectivity index (χ2v) is 5.43. The average molecular weight is 333 g/mol. The molecule has 1 aromatic rings. The zero-order valence-corrected chi connectivity index (χ0v) is 13.2. The van der Waals surface area contributed by atoms with Gasteiger partial charge >= 0.3 is 6.61 Å². The van der Waals surface area contributed by atoms with Gasteiger partial charge in [0.25, 0.3) is 0 Å². The number of alkyl halides is 3.